The monoisotopic (exact) mass is 512 g/mol. The molecule has 0 aliphatic rings. The molecule has 0 nitrogen and oxygen atoms in total. The summed E-state index contributed by atoms with van der Waals surface area (Å²) < 4.78 is 1.44. The second-order valence-corrected chi connectivity index (χ2v) is 18.9. The Bertz CT molecular complexity index is 922. The van der Waals surface area contributed by atoms with Crippen molar-refractivity contribution in [2.45, 2.75) is 0 Å². The van der Waals surface area contributed by atoms with Crippen molar-refractivity contribution in [2.75, 3.05) is 5.06 Å². The van der Waals surface area contributed by atoms with Crippen LogP contribution < -0.4 is 20.4 Å². The van der Waals surface area contributed by atoms with E-state index in [1.54, 1.807) is 0 Å². The number of hydrogen-bond donors (Lipinski definition) is 0. The number of rotatable bonds is 6. The summed E-state index contributed by atoms with van der Waals surface area (Å²) in [5.74, 6) is 0. The van der Waals surface area contributed by atoms with Crippen molar-refractivity contribution in [2.24, 2.45) is 0 Å². The summed E-state index contributed by atoms with van der Waals surface area (Å²) in [4.78, 5) is 0. The van der Waals surface area contributed by atoms with E-state index < -0.39 is 5.31 Å². The van der Waals surface area contributed by atoms with Gasteiger partial charge in [-0.3, -0.25) is 0 Å². The van der Waals surface area contributed by atoms with E-state index >= 15 is 0 Å². The van der Waals surface area contributed by atoms with Gasteiger partial charge in [0.15, 0.2) is 0 Å². The fraction of sp³-hybridized carbons (Fsp3) is 0.0400. The molecule has 28 heavy (non-hydrogen) atoms. The fourth-order valence-corrected chi connectivity index (χ4v) is 17.5. The van der Waals surface area contributed by atoms with Crippen molar-refractivity contribution in [3.8, 4) is 0 Å². The van der Waals surface area contributed by atoms with Crippen LogP contribution in [0.1, 0.15) is 0 Å². The molecule has 4 aromatic rings. The van der Waals surface area contributed by atoms with Crippen molar-refractivity contribution >= 4 is 56.1 Å². The summed E-state index contributed by atoms with van der Waals surface area (Å²) in [7, 11) is 0. The van der Waals surface area contributed by atoms with Crippen molar-refractivity contribution in [3.05, 3.63) is 121 Å². The van der Waals surface area contributed by atoms with Gasteiger partial charge in [-0.05, 0) is 0 Å². The molecule has 3 heteroatoms. The third-order valence-electron chi connectivity index (χ3n) is 5.10. The molecule has 0 aromatic heterocycles. The molecule has 0 saturated carbocycles. The second-order valence-electron chi connectivity index (χ2n) is 6.78. The molecular weight excluding hydrogens is 490 g/mol. The van der Waals surface area contributed by atoms with Gasteiger partial charge >= 0.3 is 183 Å². The average molecular weight is 512 g/mol. The Morgan fingerprint density at radius 2 is 0.821 bits per heavy atom. The summed E-state index contributed by atoms with van der Waals surface area (Å²) >= 11 is 4.86. The molecule has 4 rings (SSSR count). The van der Waals surface area contributed by atoms with Gasteiger partial charge in [-0.25, -0.2) is 0 Å². The van der Waals surface area contributed by atoms with Gasteiger partial charge in [0, 0.05) is 0 Å². The molecule has 0 radical (unpaired) electrons. The van der Waals surface area contributed by atoms with Gasteiger partial charge in [0.2, 0.25) is 0 Å². The Morgan fingerprint density at radius 1 is 0.500 bits per heavy atom. The van der Waals surface area contributed by atoms with Crippen LogP contribution in [0.3, 0.4) is 0 Å². The van der Waals surface area contributed by atoms with E-state index in [2.05, 4.69) is 137 Å². The summed E-state index contributed by atoms with van der Waals surface area (Å²) in [5, 5.41) is 2.50. The van der Waals surface area contributed by atoms with Gasteiger partial charge in [0.25, 0.3) is 0 Å². The summed E-state index contributed by atoms with van der Waals surface area (Å²) in [5.41, 5.74) is 0. The molecule has 0 amide bonds. The Hall–Kier alpha value is -1.69. The number of hydrogen-bond acceptors (Lipinski definition) is 0. The molecule has 0 bridgehead atoms. The first-order valence-electron chi connectivity index (χ1n) is 9.29. The van der Waals surface area contributed by atoms with Gasteiger partial charge in [0.05, 0.1) is 0 Å². The van der Waals surface area contributed by atoms with E-state index in [-0.39, 0.29) is 0 Å². The van der Waals surface area contributed by atoms with E-state index in [4.69, 9.17) is 0 Å². The minimum absolute atomic E-state index is 0.337. The molecule has 0 N–H and O–H groups in total. The van der Waals surface area contributed by atoms with Crippen LogP contribution in [0.4, 0.5) is 0 Å². The van der Waals surface area contributed by atoms with Crippen molar-refractivity contribution < 1.29 is 0 Å². The van der Waals surface area contributed by atoms with Gasteiger partial charge in [-0.2, -0.15) is 0 Å². The van der Waals surface area contributed by atoms with Crippen LogP contribution in [-0.2, 0) is 0 Å². The van der Waals surface area contributed by atoms with E-state index in [0.717, 1.165) is 5.06 Å². The Kier molecular flexibility index (Phi) is 5.85. The quantitative estimate of drug-likeness (QED) is 0.257. The van der Waals surface area contributed by atoms with Crippen LogP contribution in [0.15, 0.2) is 121 Å². The molecule has 140 valence electrons. The maximum absolute atomic E-state index is 4.52. The molecular formula is C25H22BrPSe. The zero-order chi connectivity index (χ0) is 19.3. The predicted octanol–water partition coefficient (Wildman–Crippen LogP) is 4.81. The Morgan fingerprint density at radius 3 is 1.18 bits per heavy atom. The standard InChI is InChI=1S/C25H22BrPSe/c26-27(22-13-5-1-6-14-22,23-15-7-2-8-16-23,24-17-9-3-10-18-24)21-28-25-19-11-4-12-20-25/h1-20H,21H2. The van der Waals surface area contributed by atoms with Crippen LogP contribution in [0.25, 0.3) is 0 Å². The average Bonchev–Trinajstić information content (AvgIpc) is 2.80. The zero-order valence-corrected chi connectivity index (χ0v) is 19.7. The molecule has 0 aliphatic carbocycles. The van der Waals surface area contributed by atoms with Crippen LogP contribution in [0.5, 0.6) is 0 Å². The van der Waals surface area contributed by atoms with Crippen molar-refractivity contribution in [1.29, 1.82) is 0 Å². The molecule has 0 atom stereocenters. The van der Waals surface area contributed by atoms with E-state index in [1.165, 1.54) is 20.4 Å². The van der Waals surface area contributed by atoms with Gasteiger partial charge in [-0.1, -0.05) is 0 Å². The molecule has 0 spiro atoms. The molecule has 0 aliphatic heterocycles. The van der Waals surface area contributed by atoms with Gasteiger partial charge in [0.1, 0.15) is 0 Å². The predicted molar refractivity (Wildman–Crippen MR) is 131 cm³/mol. The molecule has 0 fully saturated rings. The number of benzene rings is 4. The third kappa shape index (κ3) is 3.51. The van der Waals surface area contributed by atoms with Crippen LogP contribution in [-0.4, -0.2) is 20.0 Å². The van der Waals surface area contributed by atoms with E-state index in [0.29, 0.717) is 15.0 Å². The SMILES string of the molecule is BrP(C[Se]c1ccccc1)(c1ccccc1)(c1ccccc1)c1ccccc1. The summed E-state index contributed by atoms with van der Waals surface area (Å²) in [6.45, 7) is 0. The first kappa shape index (κ1) is 19.6. The van der Waals surface area contributed by atoms with Crippen molar-refractivity contribution in [3.63, 3.8) is 0 Å². The Balaban J connectivity index is 1.98. The normalized spacial score (nSPS) is 12.8. The minimum atomic E-state index is -2.78. The van der Waals surface area contributed by atoms with Crippen molar-refractivity contribution in [1.82, 2.24) is 0 Å². The topological polar surface area (TPSA) is 0 Å². The Labute approximate surface area is 181 Å². The third-order valence-corrected chi connectivity index (χ3v) is 21.9. The van der Waals surface area contributed by atoms with Gasteiger partial charge < -0.3 is 0 Å². The molecule has 4 aromatic carbocycles. The van der Waals surface area contributed by atoms with Crippen LogP contribution >= 0.6 is 20.8 Å². The molecule has 0 heterocycles. The summed E-state index contributed by atoms with van der Waals surface area (Å²) in [6, 6.07) is 44.0. The first-order valence-corrected chi connectivity index (χ1v) is 15.8. The fourth-order valence-electron chi connectivity index (χ4n) is 3.60. The van der Waals surface area contributed by atoms with E-state index in [9.17, 15) is 0 Å². The number of halogens is 1. The second kappa shape index (κ2) is 8.36. The van der Waals surface area contributed by atoms with Crippen LogP contribution in [0.2, 0.25) is 0 Å². The molecule has 0 unspecified atom stereocenters. The van der Waals surface area contributed by atoms with Gasteiger partial charge in [-0.15, -0.1) is 0 Å². The zero-order valence-electron chi connectivity index (χ0n) is 15.5. The first-order chi connectivity index (χ1) is 13.7. The molecule has 0 saturated heterocycles. The maximum atomic E-state index is 4.52. The summed E-state index contributed by atoms with van der Waals surface area (Å²) in [6.07, 6.45) is 0. The van der Waals surface area contributed by atoms with Crippen LogP contribution in [0, 0.1) is 0 Å². The van der Waals surface area contributed by atoms with E-state index in [1.807, 2.05) is 0 Å².